The van der Waals surface area contributed by atoms with Gasteiger partial charge in [-0.25, -0.2) is 10.8 Å². The zero-order valence-electron chi connectivity index (χ0n) is 10.0. The third kappa shape index (κ3) is 3.31. The first-order valence-electron chi connectivity index (χ1n) is 5.10. The van der Waals surface area contributed by atoms with Crippen molar-refractivity contribution in [3.63, 3.8) is 0 Å². The Hall–Kier alpha value is -0.880. The molecule has 5 nitrogen and oxygen atoms in total. The molecule has 1 rings (SSSR count). The van der Waals surface area contributed by atoms with Gasteiger partial charge >= 0.3 is 0 Å². The van der Waals surface area contributed by atoms with Crippen LogP contribution >= 0.6 is 15.9 Å². The lowest BCUT2D eigenvalue weighted by Crippen LogP contribution is -2.31. The SMILES string of the molecule is CC(Nc1nc(NN)ncc1Br)C(C)(C)C. The number of nitrogens with two attached hydrogens (primary N) is 1. The van der Waals surface area contributed by atoms with E-state index >= 15 is 0 Å². The van der Waals surface area contributed by atoms with E-state index in [1.807, 2.05) is 0 Å². The lowest BCUT2D eigenvalue weighted by atomic mass is 9.88. The van der Waals surface area contributed by atoms with E-state index in [0.29, 0.717) is 5.95 Å². The maximum Gasteiger partial charge on any atom is 0.239 e. The molecule has 0 aliphatic carbocycles. The molecular weight excluding hydrogens is 270 g/mol. The van der Waals surface area contributed by atoms with Crippen LogP contribution in [-0.4, -0.2) is 16.0 Å². The van der Waals surface area contributed by atoms with Crippen molar-refractivity contribution in [3.05, 3.63) is 10.7 Å². The number of nitrogen functional groups attached to an aromatic ring is 1. The Labute approximate surface area is 104 Å². The normalized spacial score (nSPS) is 13.4. The molecule has 1 heterocycles. The highest BCUT2D eigenvalue weighted by atomic mass is 79.9. The van der Waals surface area contributed by atoms with Crippen molar-refractivity contribution in [1.82, 2.24) is 9.97 Å². The Bertz CT molecular complexity index is 361. The highest BCUT2D eigenvalue weighted by molar-refractivity contribution is 9.10. The van der Waals surface area contributed by atoms with Gasteiger partial charge in [0.25, 0.3) is 0 Å². The van der Waals surface area contributed by atoms with E-state index in [-0.39, 0.29) is 11.5 Å². The van der Waals surface area contributed by atoms with Crippen LogP contribution in [-0.2, 0) is 0 Å². The maximum atomic E-state index is 5.27. The van der Waals surface area contributed by atoms with Crippen molar-refractivity contribution >= 4 is 27.7 Å². The molecule has 0 radical (unpaired) electrons. The molecule has 0 fully saturated rings. The Morgan fingerprint density at radius 2 is 2.06 bits per heavy atom. The molecule has 0 aliphatic rings. The van der Waals surface area contributed by atoms with Crippen LogP contribution in [0.3, 0.4) is 0 Å². The molecule has 0 aromatic carbocycles. The summed E-state index contributed by atoms with van der Waals surface area (Å²) >= 11 is 3.40. The number of hydrazine groups is 1. The third-order valence-electron chi connectivity index (χ3n) is 2.53. The molecule has 4 N–H and O–H groups in total. The molecule has 1 aromatic heterocycles. The molecule has 1 aromatic rings. The zero-order valence-corrected chi connectivity index (χ0v) is 11.6. The largest absolute Gasteiger partial charge is 0.366 e. The molecule has 0 aliphatic heterocycles. The van der Waals surface area contributed by atoms with Crippen LogP contribution < -0.4 is 16.6 Å². The standard InChI is InChI=1S/C10H18BrN5/c1-6(10(2,3)4)14-8-7(11)5-13-9(15-8)16-12/h5-6H,12H2,1-4H3,(H2,13,14,15,16). The van der Waals surface area contributed by atoms with E-state index in [1.165, 1.54) is 0 Å². The quantitative estimate of drug-likeness (QED) is 0.588. The Morgan fingerprint density at radius 1 is 1.44 bits per heavy atom. The topological polar surface area (TPSA) is 75.9 Å². The van der Waals surface area contributed by atoms with E-state index in [2.05, 4.69) is 64.3 Å². The van der Waals surface area contributed by atoms with Crippen LogP contribution in [0.2, 0.25) is 0 Å². The predicted octanol–water partition coefficient (Wildman–Crippen LogP) is 2.37. The van der Waals surface area contributed by atoms with E-state index in [9.17, 15) is 0 Å². The van der Waals surface area contributed by atoms with Crippen LogP contribution in [0.25, 0.3) is 0 Å². The molecule has 0 bridgehead atoms. The van der Waals surface area contributed by atoms with Crippen molar-refractivity contribution in [1.29, 1.82) is 0 Å². The van der Waals surface area contributed by atoms with Gasteiger partial charge in [0.2, 0.25) is 5.95 Å². The van der Waals surface area contributed by atoms with Gasteiger partial charge in [-0.1, -0.05) is 20.8 Å². The van der Waals surface area contributed by atoms with Crippen LogP contribution in [0.1, 0.15) is 27.7 Å². The second-order valence-electron chi connectivity index (χ2n) is 4.77. The third-order valence-corrected chi connectivity index (χ3v) is 3.11. The molecule has 0 saturated carbocycles. The van der Waals surface area contributed by atoms with Crippen molar-refractivity contribution in [2.45, 2.75) is 33.7 Å². The number of nitrogens with zero attached hydrogens (tertiary/aromatic N) is 2. The van der Waals surface area contributed by atoms with E-state index < -0.39 is 0 Å². The van der Waals surface area contributed by atoms with Crippen LogP contribution in [0.4, 0.5) is 11.8 Å². The fraction of sp³-hybridized carbons (Fsp3) is 0.600. The number of halogens is 1. The summed E-state index contributed by atoms with van der Waals surface area (Å²) in [5, 5.41) is 3.33. The number of aromatic nitrogens is 2. The highest BCUT2D eigenvalue weighted by Crippen LogP contribution is 2.26. The average Bonchev–Trinajstić information content (AvgIpc) is 2.19. The van der Waals surface area contributed by atoms with Gasteiger partial charge in [0.15, 0.2) is 0 Å². The highest BCUT2D eigenvalue weighted by Gasteiger charge is 2.21. The molecule has 1 atom stereocenters. The summed E-state index contributed by atoms with van der Waals surface area (Å²) in [5.74, 6) is 6.40. The maximum absolute atomic E-state index is 5.27. The average molecular weight is 288 g/mol. The Kier molecular flexibility index (Phi) is 4.09. The van der Waals surface area contributed by atoms with Gasteiger partial charge in [-0.15, -0.1) is 0 Å². The number of hydrogen-bond donors (Lipinski definition) is 3. The van der Waals surface area contributed by atoms with Crippen molar-refractivity contribution in [2.24, 2.45) is 11.3 Å². The molecule has 1 unspecified atom stereocenters. The summed E-state index contributed by atoms with van der Waals surface area (Å²) in [6.45, 7) is 8.62. The van der Waals surface area contributed by atoms with Gasteiger partial charge in [-0.2, -0.15) is 4.98 Å². The van der Waals surface area contributed by atoms with E-state index in [0.717, 1.165) is 10.3 Å². The number of hydrogen-bond acceptors (Lipinski definition) is 5. The fourth-order valence-electron chi connectivity index (χ4n) is 0.959. The minimum atomic E-state index is 0.153. The second kappa shape index (κ2) is 4.97. The van der Waals surface area contributed by atoms with E-state index in [4.69, 9.17) is 5.84 Å². The van der Waals surface area contributed by atoms with Crippen molar-refractivity contribution < 1.29 is 0 Å². The molecule has 90 valence electrons. The van der Waals surface area contributed by atoms with Gasteiger partial charge in [-0.3, -0.25) is 5.43 Å². The summed E-state index contributed by atoms with van der Waals surface area (Å²) in [5.41, 5.74) is 2.58. The number of anilines is 2. The van der Waals surface area contributed by atoms with Crippen LogP contribution in [0.15, 0.2) is 10.7 Å². The summed E-state index contributed by atoms with van der Waals surface area (Å²) < 4.78 is 0.822. The van der Waals surface area contributed by atoms with Gasteiger partial charge in [0.05, 0.1) is 4.47 Å². The molecule has 0 saturated heterocycles. The molecule has 6 heteroatoms. The molecule has 0 spiro atoms. The van der Waals surface area contributed by atoms with Gasteiger partial charge in [0, 0.05) is 12.2 Å². The smallest absolute Gasteiger partial charge is 0.239 e. The van der Waals surface area contributed by atoms with Crippen molar-refractivity contribution in [3.8, 4) is 0 Å². The van der Waals surface area contributed by atoms with Gasteiger partial charge < -0.3 is 5.32 Å². The summed E-state index contributed by atoms with van der Waals surface area (Å²) in [6, 6.07) is 0.282. The van der Waals surface area contributed by atoms with Crippen LogP contribution in [0.5, 0.6) is 0 Å². The van der Waals surface area contributed by atoms with Gasteiger partial charge in [-0.05, 0) is 28.3 Å². The first-order chi connectivity index (χ1) is 7.34. The molecular formula is C10H18BrN5. The monoisotopic (exact) mass is 287 g/mol. The van der Waals surface area contributed by atoms with E-state index in [1.54, 1.807) is 6.20 Å². The molecule has 16 heavy (non-hydrogen) atoms. The summed E-state index contributed by atoms with van der Waals surface area (Å²) in [4.78, 5) is 8.23. The minimum Gasteiger partial charge on any atom is -0.366 e. The lowest BCUT2D eigenvalue weighted by molar-refractivity contribution is 0.358. The summed E-state index contributed by atoms with van der Waals surface area (Å²) in [6.07, 6.45) is 1.67. The Morgan fingerprint density at radius 3 is 2.56 bits per heavy atom. The first-order valence-corrected chi connectivity index (χ1v) is 5.89. The van der Waals surface area contributed by atoms with Crippen molar-refractivity contribution in [2.75, 3.05) is 10.7 Å². The zero-order chi connectivity index (χ0) is 12.3. The van der Waals surface area contributed by atoms with Gasteiger partial charge in [0.1, 0.15) is 5.82 Å². The fourth-order valence-corrected chi connectivity index (χ4v) is 1.26. The first kappa shape index (κ1) is 13.2. The summed E-state index contributed by atoms with van der Waals surface area (Å²) in [7, 11) is 0. The molecule has 0 amide bonds. The number of rotatable bonds is 3. The number of nitrogens with one attached hydrogen (secondary N) is 2. The predicted molar refractivity (Wildman–Crippen MR) is 70.1 cm³/mol. The van der Waals surface area contributed by atoms with Crippen LogP contribution in [0, 0.1) is 5.41 Å². The second-order valence-corrected chi connectivity index (χ2v) is 5.62. The lowest BCUT2D eigenvalue weighted by Gasteiger charge is -2.28. The Balaban J connectivity index is 2.88. The minimum absolute atomic E-state index is 0.153.